The van der Waals surface area contributed by atoms with E-state index in [1.165, 1.54) is 24.5 Å². The number of thiophene rings is 1. The first-order valence-electron chi connectivity index (χ1n) is 10.6. The molecule has 1 aromatic carbocycles. The van der Waals surface area contributed by atoms with Crippen LogP contribution < -0.4 is 14.8 Å². The van der Waals surface area contributed by atoms with Crippen LogP contribution >= 0.6 is 11.3 Å². The molecule has 0 aliphatic heterocycles. The van der Waals surface area contributed by atoms with E-state index in [0.717, 1.165) is 35.3 Å². The lowest BCUT2D eigenvalue weighted by atomic mass is 9.72. The van der Waals surface area contributed by atoms with E-state index in [9.17, 15) is 9.59 Å². The first-order valence-corrected chi connectivity index (χ1v) is 11.4. The van der Waals surface area contributed by atoms with E-state index in [1.54, 1.807) is 32.4 Å². The summed E-state index contributed by atoms with van der Waals surface area (Å²) in [6.45, 7) is 6.75. The molecule has 3 rings (SSSR count). The van der Waals surface area contributed by atoms with E-state index < -0.39 is 5.97 Å². The minimum atomic E-state index is -0.407. The third kappa shape index (κ3) is 5.15. The van der Waals surface area contributed by atoms with Gasteiger partial charge in [0.15, 0.2) is 11.5 Å². The molecule has 0 fully saturated rings. The number of hydrogen-bond donors (Lipinski definition) is 1. The van der Waals surface area contributed by atoms with Gasteiger partial charge in [0.25, 0.3) is 0 Å². The number of nitrogens with one attached hydrogen (secondary N) is 1. The normalized spacial score (nSPS) is 15.9. The van der Waals surface area contributed by atoms with Gasteiger partial charge in [0.2, 0.25) is 5.91 Å². The summed E-state index contributed by atoms with van der Waals surface area (Å²) in [5.74, 6) is 1.02. The molecule has 0 bridgehead atoms. The van der Waals surface area contributed by atoms with Crippen LogP contribution in [0.2, 0.25) is 0 Å². The van der Waals surface area contributed by atoms with Gasteiger partial charge in [0.05, 0.1) is 26.9 Å². The van der Waals surface area contributed by atoms with Crippen molar-refractivity contribution in [2.24, 2.45) is 11.3 Å². The highest BCUT2D eigenvalue weighted by molar-refractivity contribution is 7.17. The monoisotopic (exact) mass is 457 g/mol. The second-order valence-electron chi connectivity index (χ2n) is 8.94. The summed E-state index contributed by atoms with van der Waals surface area (Å²) in [6.07, 6.45) is 5.88. The van der Waals surface area contributed by atoms with Gasteiger partial charge in [0.1, 0.15) is 5.00 Å². The standard InChI is InChI=1S/C25H31NO5S/c1-25(2,3)16-9-10-17-20(14-16)32-23(22(17)24(28)31-6)26-21(27)12-8-15-7-11-18(29-4)19(13-15)30-5/h7-8,11-13,16H,9-10,14H2,1-6H3,(H,26,27)/b12-8+/t16-/m0/s1. The molecule has 7 heteroatoms. The third-order valence-corrected chi connectivity index (χ3v) is 7.12. The van der Waals surface area contributed by atoms with Crippen molar-refractivity contribution in [3.8, 4) is 11.5 Å². The van der Waals surface area contributed by atoms with E-state index in [1.807, 2.05) is 6.07 Å². The van der Waals surface area contributed by atoms with Gasteiger partial charge in [-0.2, -0.15) is 0 Å². The number of carbonyl (C=O) groups excluding carboxylic acids is 2. The van der Waals surface area contributed by atoms with Crippen molar-refractivity contribution in [2.75, 3.05) is 26.6 Å². The second-order valence-corrected chi connectivity index (χ2v) is 10.0. The number of anilines is 1. The van der Waals surface area contributed by atoms with E-state index in [2.05, 4.69) is 26.1 Å². The smallest absolute Gasteiger partial charge is 0.341 e. The Morgan fingerprint density at radius 3 is 2.47 bits per heavy atom. The lowest BCUT2D eigenvalue weighted by molar-refractivity contribution is -0.111. The first-order chi connectivity index (χ1) is 15.2. The maximum absolute atomic E-state index is 12.7. The minimum absolute atomic E-state index is 0.193. The third-order valence-electron chi connectivity index (χ3n) is 5.95. The summed E-state index contributed by atoms with van der Waals surface area (Å²) in [4.78, 5) is 26.4. The number of esters is 1. The predicted octanol–water partition coefficient (Wildman–Crippen LogP) is 5.35. The van der Waals surface area contributed by atoms with Crippen LogP contribution in [-0.2, 0) is 22.4 Å². The molecule has 1 aliphatic carbocycles. The highest BCUT2D eigenvalue weighted by Crippen LogP contribution is 2.44. The summed E-state index contributed by atoms with van der Waals surface area (Å²) in [7, 11) is 4.51. The van der Waals surface area contributed by atoms with Crippen LogP contribution in [-0.4, -0.2) is 33.2 Å². The number of amides is 1. The Morgan fingerprint density at radius 1 is 1.12 bits per heavy atom. The minimum Gasteiger partial charge on any atom is -0.493 e. The van der Waals surface area contributed by atoms with Gasteiger partial charge in [0, 0.05) is 11.0 Å². The Bertz CT molecular complexity index is 1030. The average molecular weight is 458 g/mol. The van der Waals surface area contributed by atoms with Gasteiger partial charge in [-0.1, -0.05) is 26.8 Å². The molecule has 0 saturated carbocycles. The Morgan fingerprint density at radius 2 is 1.84 bits per heavy atom. The van der Waals surface area contributed by atoms with Gasteiger partial charge >= 0.3 is 5.97 Å². The number of benzene rings is 1. The lowest BCUT2D eigenvalue weighted by Gasteiger charge is -2.33. The van der Waals surface area contributed by atoms with E-state index in [0.29, 0.717) is 28.0 Å². The van der Waals surface area contributed by atoms with Crippen molar-refractivity contribution in [1.29, 1.82) is 0 Å². The molecule has 1 aromatic heterocycles. The van der Waals surface area contributed by atoms with E-state index in [-0.39, 0.29) is 11.3 Å². The van der Waals surface area contributed by atoms with Gasteiger partial charge in [-0.25, -0.2) is 4.79 Å². The maximum atomic E-state index is 12.7. The summed E-state index contributed by atoms with van der Waals surface area (Å²) in [6, 6.07) is 5.41. The van der Waals surface area contributed by atoms with Crippen molar-refractivity contribution >= 4 is 34.3 Å². The largest absolute Gasteiger partial charge is 0.493 e. The van der Waals surface area contributed by atoms with Crippen LogP contribution in [0.4, 0.5) is 5.00 Å². The number of fused-ring (bicyclic) bond motifs is 1. The van der Waals surface area contributed by atoms with Crippen LogP contribution in [0, 0.1) is 11.3 Å². The summed E-state index contributed by atoms with van der Waals surface area (Å²) >= 11 is 1.48. The highest BCUT2D eigenvalue weighted by atomic mass is 32.1. The zero-order chi connectivity index (χ0) is 23.5. The van der Waals surface area contributed by atoms with Crippen molar-refractivity contribution in [1.82, 2.24) is 0 Å². The molecule has 0 unspecified atom stereocenters. The molecule has 1 heterocycles. The predicted molar refractivity (Wildman–Crippen MR) is 128 cm³/mol. The fraction of sp³-hybridized carbons (Fsp3) is 0.440. The highest BCUT2D eigenvalue weighted by Gasteiger charge is 2.34. The molecule has 2 aromatic rings. The zero-order valence-corrected chi connectivity index (χ0v) is 20.4. The number of ether oxygens (including phenoxy) is 3. The molecule has 6 nitrogen and oxygen atoms in total. The Kier molecular flexibility index (Phi) is 7.29. The molecule has 1 N–H and O–H groups in total. The molecule has 172 valence electrons. The van der Waals surface area contributed by atoms with Gasteiger partial charge < -0.3 is 19.5 Å². The number of methoxy groups -OCH3 is 3. The number of hydrogen-bond acceptors (Lipinski definition) is 6. The molecule has 0 saturated heterocycles. The molecule has 0 radical (unpaired) electrons. The van der Waals surface area contributed by atoms with Crippen molar-refractivity contribution in [3.05, 3.63) is 45.8 Å². The zero-order valence-electron chi connectivity index (χ0n) is 19.5. The fourth-order valence-electron chi connectivity index (χ4n) is 4.01. The second kappa shape index (κ2) is 9.77. The maximum Gasteiger partial charge on any atom is 0.341 e. The lowest BCUT2D eigenvalue weighted by Crippen LogP contribution is -2.26. The molecule has 1 amide bonds. The van der Waals surface area contributed by atoms with Crippen molar-refractivity contribution < 1.29 is 23.8 Å². The van der Waals surface area contributed by atoms with E-state index >= 15 is 0 Å². The molecule has 1 atom stereocenters. The van der Waals surface area contributed by atoms with Crippen LogP contribution in [0.25, 0.3) is 6.08 Å². The Hall–Kier alpha value is -2.80. The van der Waals surface area contributed by atoms with Crippen molar-refractivity contribution in [3.63, 3.8) is 0 Å². The molecular formula is C25H31NO5S. The molecule has 32 heavy (non-hydrogen) atoms. The summed E-state index contributed by atoms with van der Waals surface area (Å²) < 4.78 is 15.6. The first kappa shape index (κ1) is 23.9. The van der Waals surface area contributed by atoms with Gasteiger partial charge in [-0.3, -0.25) is 4.79 Å². The van der Waals surface area contributed by atoms with Crippen molar-refractivity contribution in [2.45, 2.75) is 40.0 Å². The van der Waals surface area contributed by atoms with Crippen LogP contribution in [0.15, 0.2) is 24.3 Å². The Labute approximate surface area is 193 Å². The molecule has 0 spiro atoms. The van der Waals surface area contributed by atoms with Gasteiger partial charge in [-0.05, 0) is 59.9 Å². The molecule has 1 aliphatic rings. The summed E-state index contributed by atoms with van der Waals surface area (Å²) in [5.41, 5.74) is 2.50. The SMILES string of the molecule is COC(=O)c1c(NC(=O)/C=C/c2ccc(OC)c(OC)c2)sc2c1CC[C@H](C(C)(C)C)C2. The summed E-state index contributed by atoms with van der Waals surface area (Å²) in [5, 5.41) is 3.45. The van der Waals surface area contributed by atoms with Crippen LogP contribution in [0.3, 0.4) is 0 Å². The van der Waals surface area contributed by atoms with E-state index in [4.69, 9.17) is 14.2 Å². The number of rotatable bonds is 6. The Balaban J connectivity index is 1.82. The average Bonchev–Trinajstić information content (AvgIpc) is 3.13. The molecular weight excluding hydrogens is 426 g/mol. The number of carbonyl (C=O) groups is 2. The van der Waals surface area contributed by atoms with Gasteiger partial charge in [-0.15, -0.1) is 11.3 Å². The van der Waals surface area contributed by atoms with Crippen LogP contribution in [0.1, 0.15) is 53.6 Å². The van der Waals surface area contributed by atoms with Crippen LogP contribution in [0.5, 0.6) is 11.5 Å². The fourth-order valence-corrected chi connectivity index (χ4v) is 5.33. The quantitative estimate of drug-likeness (QED) is 0.467. The topological polar surface area (TPSA) is 73.9 Å².